The molecular formula is C19H23NO3. The van der Waals surface area contributed by atoms with Crippen molar-refractivity contribution in [2.24, 2.45) is 0 Å². The standard InChI is InChI=1S/C19H23NO3/c1-2-16-8-10-18(11-9-16)23-15-19(21)20-12-13-22-14-17-6-4-3-5-7-17/h3-11H,2,12-15H2,1H3,(H,20,21). The zero-order chi connectivity index (χ0) is 16.3. The summed E-state index contributed by atoms with van der Waals surface area (Å²) in [6.45, 7) is 3.62. The molecule has 0 spiro atoms. The SMILES string of the molecule is CCc1ccc(OCC(=O)NCCOCc2ccccc2)cc1. The molecule has 1 N–H and O–H groups in total. The molecule has 0 radical (unpaired) electrons. The number of ether oxygens (including phenoxy) is 2. The van der Waals surface area contributed by atoms with Crippen LogP contribution in [0.1, 0.15) is 18.1 Å². The molecule has 0 fully saturated rings. The number of hydrogen-bond donors (Lipinski definition) is 1. The summed E-state index contributed by atoms with van der Waals surface area (Å²) in [6.07, 6.45) is 0.990. The topological polar surface area (TPSA) is 47.6 Å². The first kappa shape index (κ1) is 17.0. The monoisotopic (exact) mass is 313 g/mol. The summed E-state index contributed by atoms with van der Waals surface area (Å²) in [5, 5.41) is 2.77. The third-order valence-electron chi connectivity index (χ3n) is 3.38. The maximum atomic E-state index is 11.7. The van der Waals surface area contributed by atoms with Gasteiger partial charge in [-0.1, -0.05) is 49.4 Å². The fourth-order valence-electron chi connectivity index (χ4n) is 2.05. The summed E-state index contributed by atoms with van der Waals surface area (Å²) in [7, 11) is 0. The Morgan fingerprint density at radius 2 is 1.74 bits per heavy atom. The Morgan fingerprint density at radius 3 is 2.43 bits per heavy atom. The van der Waals surface area contributed by atoms with Gasteiger partial charge in [-0.15, -0.1) is 0 Å². The fourth-order valence-corrected chi connectivity index (χ4v) is 2.05. The van der Waals surface area contributed by atoms with E-state index in [1.54, 1.807) is 0 Å². The molecular weight excluding hydrogens is 290 g/mol. The maximum absolute atomic E-state index is 11.7. The lowest BCUT2D eigenvalue weighted by atomic mass is 10.2. The van der Waals surface area contributed by atoms with E-state index in [1.807, 2.05) is 54.6 Å². The van der Waals surface area contributed by atoms with Crippen LogP contribution in [0.5, 0.6) is 5.75 Å². The van der Waals surface area contributed by atoms with Gasteiger partial charge >= 0.3 is 0 Å². The van der Waals surface area contributed by atoms with Crippen molar-refractivity contribution in [3.8, 4) is 5.75 Å². The van der Waals surface area contributed by atoms with Crippen molar-refractivity contribution in [2.75, 3.05) is 19.8 Å². The molecule has 0 bridgehead atoms. The van der Waals surface area contributed by atoms with Gasteiger partial charge in [0.2, 0.25) is 0 Å². The van der Waals surface area contributed by atoms with Gasteiger partial charge in [-0.3, -0.25) is 4.79 Å². The minimum atomic E-state index is -0.145. The van der Waals surface area contributed by atoms with Gasteiger partial charge in [0.05, 0.1) is 13.2 Å². The van der Waals surface area contributed by atoms with Crippen molar-refractivity contribution >= 4 is 5.91 Å². The predicted molar refractivity (Wildman–Crippen MR) is 90.4 cm³/mol. The first-order valence-corrected chi connectivity index (χ1v) is 7.88. The molecule has 0 unspecified atom stereocenters. The van der Waals surface area contributed by atoms with E-state index >= 15 is 0 Å². The Bertz CT molecular complexity index is 581. The molecule has 0 aliphatic carbocycles. The van der Waals surface area contributed by atoms with E-state index in [0.717, 1.165) is 12.0 Å². The van der Waals surface area contributed by atoms with Crippen LogP contribution in [-0.4, -0.2) is 25.7 Å². The lowest BCUT2D eigenvalue weighted by molar-refractivity contribution is -0.123. The van der Waals surface area contributed by atoms with Gasteiger partial charge in [0.25, 0.3) is 5.91 Å². The van der Waals surface area contributed by atoms with E-state index in [4.69, 9.17) is 9.47 Å². The van der Waals surface area contributed by atoms with Crippen LogP contribution in [0.25, 0.3) is 0 Å². The van der Waals surface area contributed by atoms with Gasteiger partial charge in [-0.2, -0.15) is 0 Å². The third kappa shape index (κ3) is 6.53. The van der Waals surface area contributed by atoms with Crippen LogP contribution < -0.4 is 10.1 Å². The molecule has 122 valence electrons. The zero-order valence-electron chi connectivity index (χ0n) is 13.5. The summed E-state index contributed by atoms with van der Waals surface area (Å²) in [5.74, 6) is 0.561. The van der Waals surface area contributed by atoms with Crippen LogP contribution in [0, 0.1) is 0 Å². The highest BCUT2D eigenvalue weighted by Gasteiger charge is 2.02. The van der Waals surface area contributed by atoms with Gasteiger partial charge in [0.15, 0.2) is 6.61 Å². The number of carbonyl (C=O) groups is 1. The van der Waals surface area contributed by atoms with Crippen LogP contribution in [0.3, 0.4) is 0 Å². The van der Waals surface area contributed by atoms with Crippen LogP contribution in [-0.2, 0) is 22.6 Å². The van der Waals surface area contributed by atoms with E-state index in [9.17, 15) is 4.79 Å². The highest BCUT2D eigenvalue weighted by molar-refractivity contribution is 5.77. The molecule has 0 aromatic heterocycles. The van der Waals surface area contributed by atoms with Gasteiger partial charge in [0, 0.05) is 6.54 Å². The molecule has 4 heteroatoms. The van der Waals surface area contributed by atoms with E-state index in [-0.39, 0.29) is 12.5 Å². The van der Waals surface area contributed by atoms with E-state index in [2.05, 4.69) is 12.2 Å². The summed E-state index contributed by atoms with van der Waals surface area (Å²) in [6, 6.07) is 17.7. The van der Waals surface area contributed by atoms with Crippen molar-refractivity contribution in [1.29, 1.82) is 0 Å². The molecule has 0 atom stereocenters. The first-order valence-electron chi connectivity index (χ1n) is 7.88. The summed E-state index contributed by atoms with van der Waals surface area (Å²) >= 11 is 0. The molecule has 2 rings (SSSR count). The average molecular weight is 313 g/mol. The van der Waals surface area contributed by atoms with Gasteiger partial charge in [0.1, 0.15) is 5.75 Å². The van der Waals surface area contributed by atoms with Gasteiger partial charge in [-0.25, -0.2) is 0 Å². The minimum Gasteiger partial charge on any atom is -0.484 e. The molecule has 0 aliphatic rings. The predicted octanol–water partition coefficient (Wildman–Crippen LogP) is 2.96. The Labute approximate surface area is 137 Å². The summed E-state index contributed by atoms with van der Waals surface area (Å²) < 4.78 is 10.9. The number of nitrogens with one attached hydrogen (secondary N) is 1. The second-order valence-corrected chi connectivity index (χ2v) is 5.17. The Morgan fingerprint density at radius 1 is 1.00 bits per heavy atom. The van der Waals surface area contributed by atoms with Crippen molar-refractivity contribution in [3.05, 3.63) is 65.7 Å². The average Bonchev–Trinajstić information content (AvgIpc) is 2.61. The molecule has 4 nitrogen and oxygen atoms in total. The molecule has 2 aromatic carbocycles. The second kappa shape index (κ2) is 9.64. The number of aryl methyl sites for hydroxylation is 1. The summed E-state index contributed by atoms with van der Waals surface area (Å²) in [4.78, 5) is 11.7. The molecule has 0 saturated carbocycles. The molecule has 2 aromatic rings. The van der Waals surface area contributed by atoms with Gasteiger partial charge < -0.3 is 14.8 Å². The Kier molecular flexibility index (Phi) is 7.14. The third-order valence-corrected chi connectivity index (χ3v) is 3.38. The van der Waals surface area contributed by atoms with E-state index in [1.165, 1.54) is 5.56 Å². The zero-order valence-corrected chi connectivity index (χ0v) is 13.5. The molecule has 0 aliphatic heterocycles. The van der Waals surface area contributed by atoms with E-state index in [0.29, 0.717) is 25.5 Å². The summed E-state index contributed by atoms with van der Waals surface area (Å²) in [5.41, 5.74) is 2.37. The van der Waals surface area contributed by atoms with E-state index < -0.39 is 0 Å². The van der Waals surface area contributed by atoms with Crippen molar-refractivity contribution < 1.29 is 14.3 Å². The first-order chi connectivity index (χ1) is 11.3. The maximum Gasteiger partial charge on any atom is 0.258 e. The number of benzene rings is 2. The van der Waals surface area contributed by atoms with Gasteiger partial charge in [-0.05, 0) is 29.7 Å². The second-order valence-electron chi connectivity index (χ2n) is 5.17. The fraction of sp³-hybridized carbons (Fsp3) is 0.316. The van der Waals surface area contributed by atoms with Crippen LogP contribution in [0.2, 0.25) is 0 Å². The van der Waals surface area contributed by atoms with Crippen molar-refractivity contribution in [3.63, 3.8) is 0 Å². The highest BCUT2D eigenvalue weighted by Crippen LogP contribution is 2.12. The van der Waals surface area contributed by atoms with Crippen LogP contribution >= 0.6 is 0 Å². The molecule has 0 saturated heterocycles. The normalized spacial score (nSPS) is 10.3. The van der Waals surface area contributed by atoms with Crippen molar-refractivity contribution in [1.82, 2.24) is 5.32 Å². The lowest BCUT2D eigenvalue weighted by Gasteiger charge is -2.08. The highest BCUT2D eigenvalue weighted by atomic mass is 16.5. The van der Waals surface area contributed by atoms with Crippen LogP contribution in [0.15, 0.2) is 54.6 Å². The molecule has 23 heavy (non-hydrogen) atoms. The number of rotatable bonds is 9. The Balaban J connectivity index is 1.56. The smallest absolute Gasteiger partial charge is 0.258 e. The largest absolute Gasteiger partial charge is 0.484 e. The Hall–Kier alpha value is -2.33. The van der Waals surface area contributed by atoms with Crippen LogP contribution in [0.4, 0.5) is 0 Å². The quantitative estimate of drug-likeness (QED) is 0.724. The number of hydrogen-bond acceptors (Lipinski definition) is 3. The minimum absolute atomic E-state index is 0.0180. The number of amides is 1. The molecule has 0 heterocycles. The number of carbonyl (C=O) groups excluding carboxylic acids is 1. The van der Waals surface area contributed by atoms with Crippen molar-refractivity contribution in [2.45, 2.75) is 20.0 Å². The lowest BCUT2D eigenvalue weighted by Crippen LogP contribution is -2.31. The molecule has 1 amide bonds.